The largest absolute Gasteiger partial charge is 0.507 e. The minimum Gasteiger partial charge on any atom is -0.507 e. The van der Waals surface area contributed by atoms with Crippen molar-refractivity contribution in [2.75, 3.05) is 0 Å². The van der Waals surface area contributed by atoms with Crippen molar-refractivity contribution in [3.05, 3.63) is 35.7 Å². The molecular weight excluding hydrogens is 236 g/mol. The Labute approximate surface area is 114 Å². The lowest BCUT2D eigenvalue weighted by atomic mass is 9.86. The third-order valence-corrected chi connectivity index (χ3v) is 3.31. The van der Waals surface area contributed by atoms with Crippen molar-refractivity contribution in [1.29, 1.82) is 0 Å². The third-order valence-electron chi connectivity index (χ3n) is 3.31. The molecule has 0 amide bonds. The minimum atomic E-state index is -0.0190. The number of hydrogen-bond donors (Lipinski definition) is 1. The molecule has 3 heteroatoms. The highest BCUT2D eigenvalue weighted by atomic mass is 16.3. The van der Waals surface area contributed by atoms with Gasteiger partial charge in [-0.1, -0.05) is 39.0 Å². The number of phenols is 1. The van der Waals surface area contributed by atoms with Crippen molar-refractivity contribution >= 4 is 0 Å². The van der Waals surface area contributed by atoms with Crippen LogP contribution in [0.25, 0.3) is 11.1 Å². The number of aromatic nitrogens is 2. The van der Waals surface area contributed by atoms with E-state index in [0.717, 1.165) is 23.4 Å². The number of nitrogens with zero attached hydrogens (tertiary/aromatic N) is 2. The van der Waals surface area contributed by atoms with Gasteiger partial charge in [0, 0.05) is 23.1 Å². The number of para-hydroxylation sites is 1. The van der Waals surface area contributed by atoms with Gasteiger partial charge in [0.05, 0.1) is 11.4 Å². The van der Waals surface area contributed by atoms with Crippen molar-refractivity contribution in [2.45, 2.75) is 46.6 Å². The second-order valence-corrected chi connectivity index (χ2v) is 5.89. The molecule has 0 saturated heterocycles. The van der Waals surface area contributed by atoms with E-state index in [2.05, 4.69) is 32.8 Å². The summed E-state index contributed by atoms with van der Waals surface area (Å²) >= 11 is 0. The Morgan fingerprint density at radius 2 is 1.84 bits per heavy atom. The summed E-state index contributed by atoms with van der Waals surface area (Å²) in [6, 6.07) is 7.47. The Kier molecular flexibility index (Phi) is 3.40. The maximum atomic E-state index is 10.1. The van der Waals surface area contributed by atoms with Gasteiger partial charge in [-0.2, -0.15) is 5.10 Å². The molecule has 1 aromatic heterocycles. The van der Waals surface area contributed by atoms with E-state index >= 15 is 0 Å². The molecule has 0 aliphatic rings. The van der Waals surface area contributed by atoms with E-state index in [1.807, 2.05) is 29.8 Å². The second-order valence-electron chi connectivity index (χ2n) is 5.89. The highest BCUT2D eigenvalue weighted by Gasteiger charge is 2.27. The average molecular weight is 258 g/mol. The number of aromatic hydroxyl groups is 1. The lowest BCUT2D eigenvalue weighted by Crippen LogP contribution is -2.19. The lowest BCUT2D eigenvalue weighted by molar-refractivity contribution is 0.476. The molecule has 0 fully saturated rings. The molecule has 0 atom stereocenters. The van der Waals surface area contributed by atoms with Gasteiger partial charge in [0.2, 0.25) is 0 Å². The van der Waals surface area contributed by atoms with Gasteiger partial charge < -0.3 is 5.11 Å². The van der Waals surface area contributed by atoms with Crippen LogP contribution < -0.4 is 0 Å². The predicted molar refractivity (Wildman–Crippen MR) is 78.4 cm³/mol. The first-order valence-corrected chi connectivity index (χ1v) is 6.72. The molecule has 0 spiro atoms. The number of rotatable bonds is 2. The van der Waals surface area contributed by atoms with Gasteiger partial charge >= 0.3 is 0 Å². The Hall–Kier alpha value is -1.77. The van der Waals surface area contributed by atoms with Gasteiger partial charge in [0.15, 0.2) is 0 Å². The molecule has 19 heavy (non-hydrogen) atoms. The van der Waals surface area contributed by atoms with Crippen LogP contribution in [0.3, 0.4) is 0 Å². The molecule has 1 heterocycles. The van der Waals surface area contributed by atoms with Crippen LogP contribution in [0.2, 0.25) is 0 Å². The van der Waals surface area contributed by atoms with E-state index in [-0.39, 0.29) is 5.41 Å². The first-order valence-electron chi connectivity index (χ1n) is 6.72. The quantitative estimate of drug-likeness (QED) is 0.887. The molecule has 0 saturated carbocycles. The fraction of sp³-hybridized carbons (Fsp3) is 0.438. The Bertz CT molecular complexity index is 591. The van der Waals surface area contributed by atoms with Gasteiger partial charge in [0.1, 0.15) is 5.75 Å². The van der Waals surface area contributed by atoms with Crippen molar-refractivity contribution in [2.24, 2.45) is 0 Å². The molecule has 1 N–H and O–H groups in total. The molecule has 0 aliphatic carbocycles. The van der Waals surface area contributed by atoms with Crippen molar-refractivity contribution in [1.82, 2.24) is 9.78 Å². The van der Waals surface area contributed by atoms with E-state index in [1.54, 1.807) is 6.07 Å². The Morgan fingerprint density at radius 1 is 1.21 bits per heavy atom. The number of benzene rings is 1. The maximum absolute atomic E-state index is 10.1. The minimum absolute atomic E-state index is 0.0190. The van der Waals surface area contributed by atoms with E-state index < -0.39 is 0 Å². The van der Waals surface area contributed by atoms with Crippen LogP contribution in [0.1, 0.15) is 39.1 Å². The van der Waals surface area contributed by atoms with Crippen molar-refractivity contribution in [3.63, 3.8) is 0 Å². The second kappa shape index (κ2) is 4.72. The van der Waals surface area contributed by atoms with Crippen LogP contribution >= 0.6 is 0 Å². The summed E-state index contributed by atoms with van der Waals surface area (Å²) < 4.78 is 2.04. The number of phenolic OH excluding ortho intramolecular Hbond substituents is 1. The molecule has 0 aliphatic heterocycles. The molecule has 0 bridgehead atoms. The molecule has 3 nitrogen and oxygen atoms in total. The fourth-order valence-corrected chi connectivity index (χ4v) is 2.58. The standard InChI is InChI=1S/C16H22N2O/c1-6-18-15(16(3,4)5)14(11(2)17-18)12-9-7-8-10-13(12)19/h7-10,19H,6H2,1-5H3. The molecule has 1 aromatic carbocycles. The van der Waals surface area contributed by atoms with Gasteiger partial charge in [-0.25, -0.2) is 0 Å². The fourth-order valence-electron chi connectivity index (χ4n) is 2.58. The maximum Gasteiger partial charge on any atom is 0.123 e. The third kappa shape index (κ3) is 2.37. The highest BCUT2D eigenvalue weighted by molar-refractivity contribution is 5.75. The SMILES string of the molecule is CCn1nc(C)c(-c2ccccc2O)c1C(C)(C)C. The monoisotopic (exact) mass is 258 g/mol. The van der Waals surface area contributed by atoms with Gasteiger partial charge in [-0.3, -0.25) is 4.68 Å². The van der Waals surface area contributed by atoms with Crippen molar-refractivity contribution in [3.8, 4) is 16.9 Å². The zero-order chi connectivity index (χ0) is 14.2. The first kappa shape index (κ1) is 13.7. The smallest absolute Gasteiger partial charge is 0.123 e. The van der Waals surface area contributed by atoms with Gasteiger partial charge in [-0.15, -0.1) is 0 Å². The zero-order valence-corrected chi connectivity index (χ0v) is 12.4. The van der Waals surface area contributed by atoms with E-state index in [1.165, 1.54) is 5.69 Å². The van der Waals surface area contributed by atoms with Crippen LogP contribution in [0, 0.1) is 6.92 Å². The average Bonchev–Trinajstić information content (AvgIpc) is 2.66. The zero-order valence-electron chi connectivity index (χ0n) is 12.4. The molecule has 0 unspecified atom stereocenters. The summed E-state index contributed by atoms with van der Waals surface area (Å²) in [7, 11) is 0. The molecule has 0 radical (unpaired) electrons. The van der Waals surface area contributed by atoms with Crippen LogP contribution in [0.15, 0.2) is 24.3 Å². The Balaban J connectivity index is 2.77. The summed E-state index contributed by atoms with van der Waals surface area (Å²) in [6.45, 7) is 11.5. The van der Waals surface area contributed by atoms with Gasteiger partial charge in [0.25, 0.3) is 0 Å². The van der Waals surface area contributed by atoms with E-state index in [4.69, 9.17) is 0 Å². The summed E-state index contributed by atoms with van der Waals surface area (Å²) in [4.78, 5) is 0. The van der Waals surface area contributed by atoms with Crippen LogP contribution in [-0.2, 0) is 12.0 Å². The molecule has 2 rings (SSSR count). The van der Waals surface area contributed by atoms with Crippen LogP contribution in [-0.4, -0.2) is 14.9 Å². The summed E-state index contributed by atoms with van der Waals surface area (Å²) in [6.07, 6.45) is 0. The summed E-state index contributed by atoms with van der Waals surface area (Å²) in [5, 5.41) is 14.7. The van der Waals surface area contributed by atoms with Crippen LogP contribution in [0.4, 0.5) is 0 Å². The Morgan fingerprint density at radius 3 is 2.37 bits per heavy atom. The van der Waals surface area contributed by atoms with E-state index in [9.17, 15) is 5.11 Å². The lowest BCUT2D eigenvalue weighted by Gasteiger charge is -2.22. The molecule has 102 valence electrons. The molecular formula is C16H22N2O. The van der Waals surface area contributed by atoms with Crippen LogP contribution in [0.5, 0.6) is 5.75 Å². The first-order chi connectivity index (χ1) is 8.86. The number of aryl methyl sites for hydroxylation is 2. The summed E-state index contributed by atoms with van der Waals surface area (Å²) in [5.74, 6) is 0.312. The number of hydrogen-bond acceptors (Lipinski definition) is 2. The normalized spacial score (nSPS) is 11.8. The highest BCUT2D eigenvalue weighted by Crippen LogP contribution is 2.39. The van der Waals surface area contributed by atoms with Gasteiger partial charge in [-0.05, 0) is 19.9 Å². The van der Waals surface area contributed by atoms with E-state index in [0.29, 0.717) is 5.75 Å². The predicted octanol–water partition coefficient (Wildman–Crippen LogP) is 3.88. The topological polar surface area (TPSA) is 38.0 Å². The molecule has 2 aromatic rings. The summed E-state index contributed by atoms with van der Waals surface area (Å²) in [5.41, 5.74) is 4.05. The van der Waals surface area contributed by atoms with Crippen molar-refractivity contribution < 1.29 is 5.11 Å².